The van der Waals surface area contributed by atoms with Crippen LogP contribution in [-0.2, 0) is 0 Å². The Kier molecular flexibility index (Phi) is 3.28. The van der Waals surface area contributed by atoms with E-state index < -0.39 is 0 Å². The second kappa shape index (κ2) is 5.09. The number of rotatable bonds is 2. The molecule has 0 atom stereocenters. The van der Waals surface area contributed by atoms with Gasteiger partial charge in [-0.15, -0.1) is 0 Å². The maximum atomic E-state index is 9.47. The molecule has 0 unspecified atom stereocenters. The van der Waals surface area contributed by atoms with Crippen LogP contribution in [0.15, 0.2) is 51.5 Å². The molecule has 0 aliphatic rings. The highest BCUT2D eigenvalue weighted by molar-refractivity contribution is 9.10. The highest BCUT2D eigenvalue weighted by Crippen LogP contribution is 2.26. The van der Waals surface area contributed by atoms with Crippen molar-refractivity contribution < 1.29 is 9.63 Å². The van der Waals surface area contributed by atoms with E-state index in [-0.39, 0.29) is 5.75 Å². The van der Waals surface area contributed by atoms with E-state index in [4.69, 9.17) is 4.52 Å². The van der Waals surface area contributed by atoms with E-state index in [0.717, 1.165) is 15.6 Å². The molecule has 0 saturated heterocycles. The van der Waals surface area contributed by atoms with Crippen LogP contribution in [0.4, 0.5) is 0 Å². The molecular formula is C15H11BrN2O2. The fourth-order valence-corrected chi connectivity index (χ4v) is 2.13. The number of hydrogen-bond donors (Lipinski definition) is 1. The first-order chi connectivity index (χ1) is 9.63. The minimum Gasteiger partial charge on any atom is -0.508 e. The first-order valence-electron chi connectivity index (χ1n) is 6.03. The molecule has 2 aromatic carbocycles. The molecule has 0 spiro atoms. The molecule has 100 valence electrons. The maximum Gasteiger partial charge on any atom is 0.258 e. The number of nitrogens with zero attached hydrogens (tertiary/aromatic N) is 2. The summed E-state index contributed by atoms with van der Waals surface area (Å²) >= 11 is 3.46. The van der Waals surface area contributed by atoms with Crippen molar-refractivity contribution in [2.45, 2.75) is 6.92 Å². The minimum atomic E-state index is 0.174. The molecule has 3 aromatic rings. The lowest BCUT2D eigenvalue weighted by Gasteiger charge is -1.99. The van der Waals surface area contributed by atoms with Crippen molar-refractivity contribution in [3.8, 4) is 28.6 Å². The highest BCUT2D eigenvalue weighted by Gasteiger charge is 2.11. The van der Waals surface area contributed by atoms with Gasteiger partial charge in [0.1, 0.15) is 5.75 Å². The standard InChI is InChI=1S/C15H11BrN2O2/c1-9-7-11(5-6-13(9)16)15-17-14(18-20-15)10-3-2-4-12(19)8-10/h2-8,19H,1H3. The molecule has 5 heteroatoms. The zero-order chi connectivity index (χ0) is 14.1. The van der Waals surface area contributed by atoms with Crippen LogP contribution in [0.3, 0.4) is 0 Å². The quantitative estimate of drug-likeness (QED) is 0.765. The lowest BCUT2D eigenvalue weighted by Crippen LogP contribution is -1.82. The van der Waals surface area contributed by atoms with Gasteiger partial charge in [0.2, 0.25) is 5.82 Å². The van der Waals surface area contributed by atoms with E-state index in [1.54, 1.807) is 18.2 Å². The maximum absolute atomic E-state index is 9.47. The number of halogens is 1. The molecule has 20 heavy (non-hydrogen) atoms. The van der Waals surface area contributed by atoms with Gasteiger partial charge in [-0.05, 0) is 42.8 Å². The predicted molar refractivity (Wildman–Crippen MR) is 79.3 cm³/mol. The third-order valence-corrected chi connectivity index (χ3v) is 3.83. The Labute approximate surface area is 124 Å². The number of phenols is 1. The SMILES string of the molecule is Cc1cc(-c2nc(-c3cccc(O)c3)no2)ccc1Br. The second-order valence-corrected chi connectivity index (χ2v) is 5.29. The number of phenolic OH excluding ortho intramolecular Hbond substituents is 1. The number of aromatic nitrogens is 2. The Morgan fingerprint density at radius 1 is 1.10 bits per heavy atom. The molecule has 0 aliphatic heterocycles. The molecule has 1 heterocycles. The monoisotopic (exact) mass is 330 g/mol. The zero-order valence-electron chi connectivity index (χ0n) is 10.7. The van der Waals surface area contributed by atoms with E-state index >= 15 is 0 Å². The summed E-state index contributed by atoms with van der Waals surface area (Å²) < 4.78 is 6.32. The molecule has 4 nitrogen and oxygen atoms in total. The third kappa shape index (κ3) is 2.44. The molecular weight excluding hydrogens is 320 g/mol. The number of hydrogen-bond acceptors (Lipinski definition) is 4. The summed E-state index contributed by atoms with van der Waals surface area (Å²) in [5, 5.41) is 13.4. The van der Waals surface area contributed by atoms with E-state index in [9.17, 15) is 5.11 Å². The van der Waals surface area contributed by atoms with E-state index in [0.29, 0.717) is 17.3 Å². The average Bonchev–Trinajstić information content (AvgIpc) is 2.92. The van der Waals surface area contributed by atoms with Gasteiger partial charge < -0.3 is 9.63 Å². The Morgan fingerprint density at radius 3 is 2.70 bits per heavy atom. The van der Waals surface area contributed by atoms with Crippen LogP contribution in [-0.4, -0.2) is 15.2 Å². The number of aryl methyl sites for hydroxylation is 1. The Bertz CT molecular complexity index is 768. The van der Waals surface area contributed by atoms with Crippen LogP contribution in [0.2, 0.25) is 0 Å². The van der Waals surface area contributed by atoms with Crippen LogP contribution in [0.5, 0.6) is 5.75 Å². The molecule has 0 fully saturated rings. The van der Waals surface area contributed by atoms with Crippen LogP contribution in [0.25, 0.3) is 22.8 Å². The average molecular weight is 331 g/mol. The fraction of sp³-hybridized carbons (Fsp3) is 0.0667. The molecule has 0 radical (unpaired) electrons. The van der Waals surface area contributed by atoms with Crippen LogP contribution in [0, 0.1) is 6.92 Å². The number of aromatic hydroxyl groups is 1. The van der Waals surface area contributed by atoms with Crippen LogP contribution < -0.4 is 0 Å². The normalized spacial score (nSPS) is 10.7. The summed E-state index contributed by atoms with van der Waals surface area (Å²) in [5.74, 6) is 1.09. The predicted octanol–water partition coefficient (Wildman–Crippen LogP) is 4.18. The summed E-state index contributed by atoms with van der Waals surface area (Å²) in [6, 6.07) is 12.6. The van der Waals surface area contributed by atoms with Gasteiger partial charge in [0.25, 0.3) is 5.89 Å². The number of benzene rings is 2. The van der Waals surface area contributed by atoms with Gasteiger partial charge >= 0.3 is 0 Å². The molecule has 0 aliphatic carbocycles. The van der Waals surface area contributed by atoms with Gasteiger partial charge in [0.05, 0.1) is 0 Å². The van der Waals surface area contributed by atoms with Crippen molar-refractivity contribution in [2.24, 2.45) is 0 Å². The van der Waals surface area contributed by atoms with Gasteiger partial charge in [0, 0.05) is 15.6 Å². The van der Waals surface area contributed by atoms with Crippen molar-refractivity contribution in [1.29, 1.82) is 0 Å². The van der Waals surface area contributed by atoms with E-state index in [1.165, 1.54) is 0 Å². The van der Waals surface area contributed by atoms with Crippen molar-refractivity contribution in [3.63, 3.8) is 0 Å². The summed E-state index contributed by atoms with van der Waals surface area (Å²) in [4.78, 5) is 4.36. The van der Waals surface area contributed by atoms with Crippen molar-refractivity contribution >= 4 is 15.9 Å². The Morgan fingerprint density at radius 2 is 1.95 bits per heavy atom. The molecule has 1 aromatic heterocycles. The topological polar surface area (TPSA) is 59.2 Å². The van der Waals surface area contributed by atoms with Crippen LogP contribution in [0.1, 0.15) is 5.56 Å². The molecule has 0 amide bonds. The Hall–Kier alpha value is -2.14. The zero-order valence-corrected chi connectivity index (χ0v) is 12.3. The molecule has 0 saturated carbocycles. The first-order valence-corrected chi connectivity index (χ1v) is 6.82. The summed E-state index contributed by atoms with van der Waals surface area (Å²) in [5.41, 5.74) is 2.68. The smallest absolute Gasteiger partial charge is 0.258 e. The highest BCUT2D eigenvalue weighted by atomic mass is 79.9. The third-order valence-electron chi connectivity index (χ3n) is 2.94. The van der Waals surface area contributed by atoms with Crippen molar-refractivity contribution in [3.05, 3.63) is 52.5 Å². The van der Waals surface area contributed by atoms with Crippen molar-refractivity contribution in [2.75, 3.05) is 0 Å². The minimum absolute atomic E-state index is 0.174. The molecule has 0 bridgehead atoms. The van der Waals surface area contributed by atoms with Gasteiger partial charge in [-0.2, -0.15) is 4.98 Å². The molecule has 3 rings (SSSR count). The van der Waals surface area contributed by atoms with Gasteiger partial charge in [-0.3, -0.25) is 0 Å². The van der Waals surface area contributed by atoms with E-state index in [1.807, 2.05) is 31.2 Å². The second-order valence-electron chi connectivity index (χ2n) is 4.44. The van der Waals surface area contributed by atoms with Crippen molar-refractivity contribution in [1.82, 2.24) is 10.1 Å². The summed E-state index contributed by atoms with van der Waals surface area (Å²) in [7, 11) is 0. The van der Waals surface area contributed by atoms with Gasteiger partial charge in [-0.1, -0.05) is 33.2 Å². The first kappa shape index (κ1) is 12.9. The Balaban J connectivity index is 1.99. The fourth-order valence-electron chi connectivity index (χ4n) is 1.88. The van der Waals surface area contributed by atoms with Gasteiger partial charge in [0.15, 0.2) is 0 Å². The lowest BCUT2D eigenvalue weighted by atomic mass is 10.1. The van der Waals surface area contributed by atoms with Crippen LogP contribution >= 0.6 is 15.9 Å². The summed E-state index contributed by atoms with van der Waals surface area (Å²) in [6.07, 6.45) is 0. The van der Waals surface area contributed by atoms with Gasteiger partial charge in [-0.25, -0.2) is 0 Å². The van der Waals surface area contributed by atoms with E-state index in [2.05, 4.69) is 26.1 Å². The molecule has 1 N–H and O–H groups in total. The summed E-state index contributed by atoms with van der Waals surface area (Å²) in [6.45, 7) is 2.00. The lowest BCUT2D eigenvalue weighted by molar-refractivity contribution is 0.432. The largest absolute Gasteiger partial charge is 0.508 e.